The largest absolute Gasteiger partial charge is 0.573 e. The van der Waals surface area contributed by atoms with Crippen molar-refractivity contribution in [2.75, 3.05) is 13.7 Å². The molecule has 0 spiro atoms. The number of methoxy groups -OCH3 is 1. The number of hydrogen-bond acceptors (Lipinski definition) is 6. The maximum atomic E-state index is 12.6. The first-order valence-electron chi connectivity index (χ1n) is 11.3. The number of carboxylic acids is 1. The van der Waals surface area contributed by atoms with Crippen molar-refractivity contribution in [2.45, 2.75) is 19.9 Å². The van der Waals surface area contributed by atoms with Crippen molar-refractivity contribution in [3.63, 3.8) is 0 Å². The molecule has 0 aliphatic carbocycles. The average molecular weight is 528 g/mol. The van der Waals surface area contributed by atoms with Crippen LogP contribution in [0.2, 0.25) is 0 Å². The number of carboxylic acid groups (broad SMARTS) is 1. The predicted molar refractivity (Wildman–Crippen MR) is 131 cm³/mol. The van der Waals surface area contributed by atoms with Gasteiger partial charge in [-0.3, -0.25) is 4.57 Å². The number of aryl methyl sites for hydroxylation is 1. The quantitative estimate of drug-likeness (QED) is 0.278. The van der Waals surface area contributed by atoms with E-state index >= 15 is 0 Å². The molecule has 0 aliphatic heterocycles. The molecule has 1 aromatic heterocycles. The highest BCUT2D eigenvalue weighted by molar-refractivity contribution is 5.68. The topological polar surface area (TPSA) is 92.0 Å². The fourth-order valence-corrected chi connectivity index (χ4v) is 3.62. The van der Waals surface area contributed by atoms with Gasteiger partial charge >= 0.3 is 12.3 Å². The Morgan fingerprint density at radius 3 is 2.21 bits per heavy atom. The minimum absolute atomic E-state index is 0.0974. The maximum absolute atomic E-state index is 12.6. The summed E-state index contributed by atoms with van der Waals surface area (Å²) in [6, 6.07) is 17.7. The zero-order valence-electron chi connectivity index (χ0n) is 20.4. The van der Waals surface area contributed by atoms with Gasteiger partial charge < -0.3 is 24.1 Å². The number of halogens is 3. The molecule has 38 heavy (non-hydrogen) atoms. The molecule has 0 saturated carbocycles. The lowest BCUT2D eigenvalue weighted by Crippen LogP contribution is -2.17. The molecule has 0 saturated heterocycles. The average Bonchev–Trinajstić information content (AvgIpc) is 3.30. The van der Waals surface area contributed by atoms with Crippen LogP contribution >= 0.6 is 0 Å². The Labute approximate surface area is 215 Å². The summed E-state index contributed by atoms with van der Waals surface area (Å²) in [5.74, 6) is 0.764. The van der Waals surface area contributed by atoms with Crippen LogP contribution in [0.25, 0.3) is 17.1 Å². The third-order valence-electron chi connectivity index (χ3n) is 5.34. The monoisotopic (exact) mass is 528 g/mol. The number of aliphatic carboxylic acids is 1. The van der Waals surface area contributed by atoms with E-state index in [4.69, 9.17) is 24.3 Å². The highest BCUT2D eigenvalue weighted by Crippen LogP contribution is 2.29. The second kappa shape index (κ2) is 11.2. The van der Waals surface area contributed by atoms with Crippen molar-refractivity contribution in [1.82, 2.24) is 9.55 Å². The fraction of sp³-hybridized carbons (Fsp3) is 0.185. The molecule has 198 valence electrons. The summed E-state index contributed by atoms with van der Waals surface area (Å²) in [5, 5.41) is 8.79. The van der Waals surface area contributed by atoms with Gasteiger partial charge in [-0.05, 0) is 79.2 Å². The highest BCUT2D eigenvalue weighted by atomic mass is 19.4. The molecule has 4 rings (SSSR count). The summed E-state index contributed by atoms with van der Waals surface area (Å²) in [4.78, 5) is 15.4. The molecule has 0 unspecified atom stereocenters. The molecule has 11 heteroatoms. The van der Waals surface area contributed by atoms with E-state index in [1.54, 1.807) is 55.1 Å². The third kappa shape index (κ3) is 6.75. The molecule has 0 aliphatic rings. The van der Waals surface area contributed by atoms with Crippen molar-refractivity contribution >= 4 is 5.97 Å². The zero-order valence-corrected chi connectivity index (χ0v) is 20.4. The lowest BCUT2D eigenvalue weighted by Gasteiger charge is -2.11. The van der Waals surface area contributed by atoms with E-state index in [1.165, 1.54) is 24.3 Å². The van der Waals surface area contributed by atoms with Crippen LogP contribution in [-0.4, -0.2) is 40.7 Å². The SMILES string of the molecule is COc1ccc(-c2nc(COc3ccc(OCC(=O)O)c(C)c3)cn2-c2ccc(OC(F)(F)F)cc2)cc1. The van der Waals surface area contributed by atoms with Crippen LogP contribution in [0, 0.1) is 6.92 Å². The van der Waals surface area contributed by atoms with Gasteiger partial charge in [-0.15, -0.1) is 13.2 Å². The smallest absolute Gasteiger partial charge is 0.497 e. The van der Waals surface area contributed by atoms with E-state index in [0.29, 0.717) is 40.0 Å². The van der Waals surface area contributed by atoms with Crippen molar-refractivity contribution < 1.29 is 42.0 Å². The Kier molecular flexibility index (Phi) is 7.75. The first kappa shape index (κ1) is 26.4. The standard InChI is InChI=1S/C27H23F3N2O6/c1-17-13-23(11-12-24(17)37-16-25(33)34)36-15-19-14-32(20-5-9-22(10-6-20)38-27(28,29)30)26(31-19)18-3-7-21(35-2)8-4-18/h3-14H,15-16H2,1-2H3,(H,33,34). The van der Waals surface area contributed by atoms with Gasteiger partial charge in [0.2, 0.25) is 0 Å². The molecule has 1 N–H and O–H groups in total. The van der Waals surface area contributed by atoms with Crippen LogP contribution < -0.4 is 18.9 Å². The molecule has 0 atom stereocenters. The Hall–Kier alpha value is -4.67. The van der Waals surface area contributed by atoms with Gasteiger partial charge in [0.1, 0.15) is 35.4 Å². The second-order valence-electron chi connectivity index (χ2n) is 8.09. The summed E-state index contributed by atoms with van der Waals surface area (Å²) in [6.45, 7) is 1.42. The van der Waals surface area contributed by atoms with E-state index in [-0.39, 0.29) is 12.4 Å². The van der Waals surface area contributed by atoms with Gasteiger partial charge in [0.15, 0.2) is 6.61 Å². The lowest BCUT2D eigenvalue weighted by molar-refractivity contribution is -0.274. The van der Waals surface area contributed by atoms with Crippen LogP contribution in [0.15, 0.2) is 72.9 Å². The second-order valence-corrected chi connectivity index (χ2v) is 8.09. The highest BCUT2D eigenvalue weighted by Gasteiger charge is 2.31. The minimum atomic E-state index is -4.78. The molecular weight excluding hydrogens is 505 g/mol. The number of imidazole rings is 1. The van der Waals surface area contributed by atoms with Gasteiger partial charge in [0.25, 0.3) is 0 Å². The van der Waals surface area contributed by atoms with Gasteiger partial charge in [-0.1, -0.05) is 0 Å². The fourth-order valence-electron chi connectivity index (χ4n) is 3.62. The number of hydrogen-bond donors (Lipinski definition) is 1. The summed E-state index contributed by atoms with van der Waals surface area (Å²) in [7, 11) is 1.56. The van der Waals surface area contributed by atoms with Gasteiger partial charge in [-0.25, -0.2) is 9.78 Å². The number of nitrogens with zero attached hydrogens (tertiary/aromatic N) is 2. The minimum Gasteiger partial charge on any atom is -0.497 e. The normalized spacial score (nSPS) is 11.2. The van der Waals surface area contributed by atoms with Gasteiger partial charge in [0.05, 0.1) is 12.8 Å². The maximum Gasteiger partial charge on any atom is 0.573 e. The van der Waals surface area contributed by atoms with Crippen molar-refractivity contribution in [1.29, 1.82) is 0 Å². The van der Waals surface area contributed by atoms with E-state index in [9.17, 15) is 18.0 Å². The molecule has 0 radical (unpaired) electrons. The van der Waals surface area contributed by atoms with Crippen molar-refractivity contribution in [2.24, 2.45) is 0 Å². The molecule has 1 heterocycles. The molecule has 3 aromatic carbocycles. The Morgan fingerprint density at radius 1 is 0.947 bits per heavy atom. The Morgan fingerprint density at radius 2 is 1.61 bits per heavy atom. The molecule has 8 nitrogen and oxygen atoms in total. The molecule has 0 amide bonds. The summed E-state index contributed by atoms with van der Waals surface area (Å²) < 4.78 is 59.8. The number of carbonyl (C=O) groups is 1. The number of ether oxygens (including phenoxy) is 4. The molecule has 0 fully saturated rings. The number of rotatable bonds is 10. The summed E-state index contributed by atoms with van der Waals surface area (Å²) >= 11 is 0. The van der Waals surface area contributed by atoms with Crippen molar-refractivity contribution in [3.05, 3.63) is 84.2 Å². The molecule has 0 bridgehead atoms. The van der Waals surface area contributed by atoms with Crippen LogP contribution in [0.5, 0.6) is 23.0 Å². The van der Waals surface area contributed by atoms with E-state index in [1.807, 2.05) is 12.1 Å². The number of aromatic nitrogens is 2. The Balaban J connectivity index is 1.59. The molecular formula is C27H23F3N2O6. The number of alkyl halides is 3. The van der Waals surface area contributed by atoms with Crippen LogP contribution in [-0.2, 0) is 11.4 Å². The first-order valence-corrected chi connectivity index (χ1v) is 11.3. The third-order valence-corrected chi connectivity index (χ3v) is 5.34. The first-order chi connectivity index (χ1) is 18.1. The van der Waals surface area contributed by atoms with E-state index in [0.717, 1.165) is 5.56 Å². The van der Waals surface area contributed by atoms with Crippen LogP contribution in [0.3, 0.4) is 0 Å². The Bertz CT molecular complexity index is 1400. The van der Waals surface area contributed by atoms with Crippen LogP contribution in [0.4, 0.5) is 13.2 Å². The van der Waals surface area contributed by atoms with E-state index in [2.05, 4.69) is 4.74 Å². The summed E-state index contributed by atoms with van der Waals surface area (Å²) in [5.41, 5.74) is 2.59. The van der Waals surface area contributed by atoms with Crippen LogP contribution in [0.1, 0.15) is 11.3 Å². The van der Waals surface area contributed by atoms with E-state index < -0.39 is 18.9 Å². The predicted octanol–water partition coefficient (Wildman–Crippen LogP) is 5.80. The molecule has 4 aromatic rings. The summed E-state index contributed by atoms with van der Waals surface area (Å²) in [6.07, 6.45) is -3.05. The van der Waals surface area contributed by atoms with Gasteiger partial charge in [0, 0.05) is 17.4 Å². The van der Waals surface area contributed by atoms with Crippen molar-refractivity contribution in [3.8, 4) is 40.1 Å². The van der Waals surface area contributed by atoms with Gasteiger partial charge in [-0.2, -0.15) is 0 Å². The number of benzene rings is 3. The zero-order chi connectivity index (χ0) is 27.3. The lowest BCUT2D eigenvalue weighted by atomic mass is 10.2.